The molecule has 3 nitrogen and oxygen atoms in total. The van der Waals surface area contributed by atoms with E-state index >= 15 is 0 Å². The predicted molar refractivity (Wildman–Crippen MR) is 79.3 cm³/mol. The Hall–Kier alpha value is -1.31. The Morgan fingerprint density at radius 2 is 2.26 bits per heavy atom. The Morgan fingerprint density at radius 1 is 1.53 bits per heavy atom. The SMILES string of the molecule is CCN(CC(C)C)C(=O)c1sccc1C#CCCO. The lowest BCUT2D eigenvalue weighted by atomic mass is 10.2. The Morgan fingerprint density at radius 3 is 2.84 bits per heavy atom. The maximum atomic E-state index is 12.4. The second kappa shape index (κ2) is 7.98. The van der Waals surface area contributed by atoms with Crippen LogP contribution in [0.1, 0.15) is 42.4 Å². The van der Waals surface area contributed by atoms with Gasteiger partial charge < -0.3 is 10.0 Å². The van der Waals surface area contributed by atoms with Gasteiger partial charge in [0.2, 0.25) is 0 Å². The number of nitrogens with zero attached hydrogens (tertiary/aromatic N) is 1. The van der Waals surface area contributed by atoms with Crippen LogP contribution >= 0.6 is 11.3 Å². The average molecular weight is 279 g/mol. The van der Waals surface area contributed by atoms with Gasteiger partial charge in [-0.2, -0.15) is 0 Å². The van der Waals surface area contributed by atoms with Crippen LogP contribution in [0.2, 0.25) is 0 Å². The van der Waals surface area contributed by atoms with E-state index in [1.807, 2.05) is 23.3 Å². The Labute approximate surface area is 119 Å². The molecule has 0 spiro atoms. The van der Waals surface area contributed by atoms with E-state index in [4.69, 9.17) is 5.11 Å². The summed E-state index contributed by atoms with van der Waals surface area (Å²) < 4.78 is 0. The second-order valence-electron chi connectivity index (χ2n) is 4.68. The third-order valence-corrected chi connectivity index (χ3v) is 3.48. The fraction of sp³-hybridized carbons (Fsp3) is 0.533. The summed E-state index contributed by atoms with van der Waals surface area (Å²) in [6, 6.07) is 1.87. The number of aliphatic hydroxyl groups excluding tert-OH is 1. The van der Waals surface area contributed by atoms with Gasteiger partial charge in [-0.05, 0) is 24.3 Å². The van der Waals surface area contributed by atoms with Crippen LogP contribution in [0, 0.1) is 17.8 Å². The number of rotatable bonds is 5. The van der Waals surface area contributed by atoms with Crippen LogP contribution in [0.15, 0.2) is 11.4 Å². The zero-order valence-corrected chi connectivity index (χ0v) is 12.6. The summed E-state index contributed by atoms with van der Waals surface area (Å²) in [7, 11) is 0. The van der Waals surface area contributed by atoms with Crippen molar-refractivity contribution in [2.45, 2.75) is 27.2 Å². The van der Waals surface area contributed by atoms with Gasteiger partial charge in [-0.15, -0.1) is 11.3 Å². The lowest BCUT2D eigenvalue weighted by molar-refractivity contribution is 0.0750. The van der Waals surface area contributed by atoms with Crippen molar-refractivity contribution >= 4 is 17.2 Å². The van der Waals surface area contributed by atoms with Crippen LogP contribution in [-0.4, -0.2) is 35.6 Å². The molecule has 0 aromatic carbocycles. The van der Waals surface area contributed by atoms with Crippen molar-refractivity contribution in [3.05, 3.63) is 21.9 Å². The van der Waals surface area contributed by atoms with Crippen molar-refractivity contribution in [2.75, 3.05) is 19.7 Å². The number of carbonyl (C=O) groups is 1. The molecule has 0 saturated carbocycles. The van der Waals surface area contributed by atoms with Gasteiger partial charge in [-0.1, -0.05) is 25.7 Å². The van der Waals surface area contributed by atoms with Gasteiger partial charge in [-0.25, -0.2) is 0 Å². The zero-order chi connectivity index (χ0) is 14.3. The molecular weight excluding hydrogens is 258 g/mol. The lowest BCUT2D eigenvalue weighted by Gasteiger charge is -2.22. The van der Waals surface area contributed by atoms with Crippen LogP contribution < -0.4 is 0 Å². The first-order valence-electron chi connectivity index (χ1n) is 6.56. The molecule has 19 heavy (non-hydrogen) atoms. The molecule has 0 unspecified atom stereocenters. The van der Waals surface area contributed by atoms with Gasteiger partial charge in [0, 0.05) is 25.1 Å². The minimum Gasteiger partial charge on any atom is -0.395 e. The lowest BCUT2D eigenvalue weighted by Crippen LogP contribution is -2.33. The molecule has 1 aromatic heterocycles. The molecule has 0 bridgehead atoms. The van der Waals surface area contributed by atoms with E-state index in [-0.39, 0.29) is 12.5 Å². The third-order valence-electron chi connectivity index (χ3n) is 2.57. The van der Waals surface area contributed by atoms with Gasteiger partial charge in [0.1, 0.15) is 4.88 Å². The molecule has 1 rings (SSSR count). The van der Waals surface area contributed by atoms with E-state index in [0.29, 0.717) is 23.8 Å². The molecule has 0 atom stereocenters. The minimum absolute atomic E-state index is 0.0504. The summed E-state index contributed by atoms with van der Waals surface area (Å²) in [6.45, 7) is 7.72. The first-order valence-corrected chi connectivity index (χ1v) is 7.44. The second-order valence-corrected chi connectivity index (χ2v) is 5.59. The third kappa shape index (κ3) is 4.70. The topological polar surface area (TPSA) is 40.5 Å². The van der Waals surface area contributed by atoms with Gasteiger partial charge in [0.25, 0.3) is 5.91 Å². The van der Waals surface area contributed by atoms with Crippen LogP contribution in [0.5, 0.6) is 0 Å². The normalized spacial score (nSPS) is 10.2. The maximum Gasteiger partial charge on any atom is 0.265 e. The fourth-order valence-corrected chi connectivity index (χ4v) is 2.54. The van der Waals surface area contributed by atoms with Crippen LogP contribution in [0.3, 0.4) is 0 Å². The summed E-state index contributed by atoms with van der Waals surface area (Å²) in [4.78, 5) is 15.0. The summed E-state index contributed by atoms with van der Waals surface area (Å²) in [5.41, 5.74) is 0.769. The number of carbonyl (C=O) groups excluding carboxylic acids is 1. The number of amides is 1. The van der Waals surface area contributed by atoms with E-state index < -0.39 is 0 Å². The Balaban J connectivity index is 2.88. The van der Waals surface area contributed by atoms with Crippen LogP contribution in [-0.2, 0) is 0 Å². The van der Waals surface area contributed by atoms with E-state index in [1.165, 1.54) is 11.3 Å². The van der Waals surface area contributed by atoms with Crippen LogP contribution in [0.25, 0.3) is 0 Å². The molecule has 0 aliphatic rings. The molecular formula is C15H21NO2S. The molecule has 1 amide bonds. The summed E-state index contributed by atoms with van der Waals surface area (Å²) in [6.07, 6.45) is 0.437. The summed E-state index contributed by atoms with van der Waals surface area (Å²) in [5, 5.41) is 10.6. The number of aliphatic hydroxyl groups is 1. The highest BCUT2D eigenvalue weighted by Crippen LogP contribution is 2.19. The van der Waals surface area contributed by atoms with Crippen molar-refractivity contribution in [1.29, 1.82) is 0 Å². The molecule has 1 heterocycles. The van der Waals surface area contributed by atoms with E-state index in [0.717, 1.165) is 12.1 Å². The molecule has 0 fully saturated rings. The average Bonchev–Trinajstić information content (AvgIpc) is 2.83. The van der Waals surface area contributed by atoms with Crippen molar-refractivity contribution in [1.82, 2.24) is 4.90 Å². The smallest absolute Gasteiger partial charge is 0.265 e. The van der Waals surface area contributed by atoms with Gasteiger partial charge in [-0.3, -0.25) is 4.79 Å². The van der Waals surface area contributed by atoms with Gasteiger partial charge >= 0.3 is 0 Å². The predicted octanol–water partition coefficient (Wildman–Crippen LogP) is 2.60. The van der Waals surface area contributed by atoms with Gasteiger partial charge in [0.15, 0.2) is 0 Å². The quantitative estimate of drug-likeness (QED) is 0.842. The maximum absolute atomic E-state index is 12.4. The monoisotopic (exact) mass is 279 g/mol. The molecule has 104 valence electrons. The minimum atomic E-state index is 0.0504. The molecule has 4 heteroatoms. The molecule has 0 aliphatic heterocycles. The van der Waals surface area contributed by atoms with Gasteiger partial charge in [0.05, 0.1) is 6.61 Å². The number of hydrogen-bond donors (Lipinski definition) is 1. The fourth-order valence-electron chi connectivity index (χ4n) is 1.73. The van der Waals surface area contributed by atoms with Crippen molar-refractivity contribution < 1.29 is 9.90 Å². The van der Waals surface area contributed by atoms with E-state index in [2.05, 4.69) is 25.7 Å². The molecule has 1 aromatic rings. The van der Waals surface area contributed by atoms with Crippen molar-refractivity contribution in [3.63, 3.8) is 0 Å². The summed E-state index contributed by atoms with van der Waals surface area (Å²) in [5.74, 6) is 6.33. The number of hydrogen-bond acceptors (Lipinski definition) is 3. The van der Waals surface area contributed by atoms with Crippen molar-refractivity contribution in [2.24, 2.45) is 5.92 Å². The van der Waals surface area contributed by atoms with Crippen LogP contribution in [0.4, 0.5) is 0 Å². The summed E-state index contributed by atoms with van der Waals surface area (Å²) >= 11 is 1.43. The molecule has 0 saturated heterocycles. The number of thiophene rings is 1. The molecule has 0 radical (unpaired) electrons. The standard InChI is InChI=1S/C15H21NO2S/c1-4-16(11-12(2)3)15(18)14-13(8-10-19-14)7-5-6-9-17/h8,10,12,17H,4,6,9,11H2,1-3H3. The first-order chi connectivity index (χ1) is 9.10. The zero-order valence-electron chi connectivity index (χ0n) is 11.8. The Bertz CT molecular complexity index is 468. The first kappa shape index (κ1) is 15.7. The molecule has 0 aliphatic carbocycles. The Kier molecular flexibility index (Phi) is 6.61. The molecule has 1 N–H and O–H groups in total. The highest BCUT2D eigenvalue weighted by atomic mass is 32.1. The highest BCUT2D eigenvalue weighted by Gasteiger charge is 2.19. The van der Waals surface area contributed by atoms with E-state index in [1.54, 1.807) is 0 Å². The largest absolute Gasteiger partial charge is 0.395 e. The van der Waals surface area contributed by atoms with Crippen molar-refractivity contribution in [3.8, 4) is 11.8 Å². The highest BCUT2D eigenvalue weighted by molar-refractivity contribution is 7.12. The van der Waals surface area contributed by atoms with E-state index in [9.17, 15) is 4.79 Å².